The fourth-order valence-electron chi connectivity index (χ4n) is 6.08. The predicted molar refractivity (Wildman–Crippen MR) is 146 cm³/mol. The van der Waals surface area contributed by atoms with E-state index < -0.39 is 5.95 Å². The Kier molecular flexibility index (Phi) is 5.75. The van der Waals surface area contributed by atoms with Crippen LogP contribution in [-0.4, -0.2) is 57.1 Å². The molecule has 0 spiro atoms. The average molecular weight is 527 g/mol. The van der Waals surface area contributed by atoms with Crippen molar-refractivity contribution in [3.05, 3.63) is 70.9 Å². The fraction of sp³-hybridized carbons (Fsp3) is 0.400. The van der Waals surface area contributed by atoms with E-state index in [0.717, 1.165) is 50.9 Å². The summed E-state index contributed by atoms with van der Waals surface area (Å²) in [5.74, 6) is 0.556. The Bertz CT molecular complexity index is 1590. The molecule has 2 fully saturated rings. The van der Waals surface area contributed by atoms with Crippen LogP contribution in [0.4, 0.5) is 10.2 Å². The van der Waals surface area contributed by atoms with Gasteiger partial charge < -0.3 is 14.5 Å². The molecule has 8 nitrogen and oxygen atoms in total. The molecular weight excluding hydrogens is 495 g/mol. The third-order valence-electron chi connectivity index (χ3n) is 8.36. The molecule has 1 atom stereocenters. The van der Waals surface area contributed by atoms with E-state index in [1.165, 1.54) is 18.2 Å². The number of hydrogen-bond acceptors (Lipinski definition) is 6. The summed E-state index contributed by atoms with van der Waals surface area (Å²) in [6.07, 6.45) is 5.01. The third-order valence-corrected chi connectivity index (χ3v) is 8.36. The number of aromatic nitrogens is 4. The Labute approximate surface area is 226 Å². The Morgan fingerprint density at radius 1 is 1.05 bits per heavy atom. The van der Waals surface area contributed by atoms with Gasteiger partial charge in [0.1, 0.15) is 23.0 Å². The Balaban J connectivity index is 1.28. The van der Waals surface area contributed by atoms with Crippen LogP contribution < -0.4 is 9.64 Å². The second kappa shape index (κ2) is 9.32. The number of anilines is 1. The number of halogens is 1. The number of nitrogens with zero attached hydrogens (tertiary/aromatic N) is 6. The number of methoxy groups -OCH3 is 1. The maximum Gasteiger partial charge on any atom is 0.273 e. The summed E-state index contributed by atoms with van der Waals surface area (Å²) in [7, 11) is 1.53. The second-order valence-corrected chi connectivity index (χ2v) is 10.8. The minimum absolute atomic E-state index is 0.0381. The van der Waals surface area contributed by atoms with Crippen LogP contribution in [0.5, 0.6) is 5.75 Å². The van der Waals surface area contributed by atoms with Crippen molar-refractivity contribution in [2.75, 3.05) is 31.6 Å². The maximum atomic E-state index is 15.5. The predicted octanol–water partition coefficient (Wildman–Crippen LogP) is 5.18. The molecule has 0 radical (unpaired) electrons. The lowest BCUT2D eigenvalue weighted by Crippen LogP contribution is -2.39. The highest BCUT2D eigenvalue weighted by Crippen LogP contribution is 2.42. The number of hydrogen-bond donors (Lipinski definition) is 0. The van der Waals surface area contributed by atoms with Gasteiger partial charge in [-0.2, -0.15) is 9.49 Å². The van der Waals surface area contributed by atoms with Gasteiger partial charge >= 0.3 is 0 Å². The first kappa shape index (κ1) is 24.1. The zero-order valence-corrected chi connectivity index (χ0v) is 22.2. The molecule has 200 valence electrons. The summed E-state index contributed by atoms with van der Waals surface area (Å²) in [5, 5.41) is 4.75. The monoisotopic (exact) mass is 526 g/mol. The quantitative estimate of drug-likeness (QED) is 0.334. The normalized spacial score (nSPS) is 19.0. The van der Waals surface area contributed by atoms with Gasteiger partial charge in [-0.25, -0.2) is 14.5 Å². The molecule has 3 aliphatic rings. The summed E-state index contributed by atoms with van der Waals surface area (Å²) in [5.41, 5.74) is 4.92. The molecule has 2 aliphatic heterocycles. The number of benzene rings is 1. The molecule has 3 aromatic heterocycles. The topological polar surface area (TPSA) is 75.9 Å². The first-order valence-corrected chi connectivity index (χ1v) is 13.8. The standard InChI is InChI=1S/C30H31FN6O2/c1-18-21-8-4-3-7-19(21)11-14-36(18)30(38)23-15-24(20-9-10-20)37-27(32-23)16-22(34-37)28-25(39-2)17-26(33-29(28)31)35-12-5-6-13-35/h3-4,7-8,15-18,20H,5-6,9-14H2,1-2H3/t18-/m1/s1. The smallest absolute Gasteiger partial charge is 0.273 e. The van der Waals surface area contributed by atoms with Gasteiger partial charge in [-0.05, 0) is 56.2 Å². The van der Waals surface area contributed by atoms with Crippen molar-refractivity contribution < 1.29 is 13.9 Å². The molecule has 0 bridgehead atoms. The number of carbonyl (C=O) groups is 1. The van der Waals surface area contributed by atoms with Gasteiger partial charge in [-0.3, -0.25) is 4.79 Å². The van der Waals surface area contributed by atoms with E-state index in [9.17, 15) is 4.79 Å². The van der Waals surface area contributed by atoms with E-state index in [2.05, 4.69) is 28.9 Å². The lowest BCUT2D eigenvalue weighted by Gasteiger charge is -2.35. The highest BCUT2D eigenvalue weighted by molar-refractivity contribution is 5.93. The number of rotatable bonds is 5. The van der Waals surface area contributed by atoms with Gasteiger partial charge in [0.25, 0.3) is 5.91 Å². The number of amides is 1. The molecule has 1 saturated carbocycles. The van der Waals surface area contributed by atoms with Gasteiger partial charge in [0, 0.05) is 43.4 Å². The molecule has 39 heavy (non-hydrogen) atoms. The van der Waals surface area contributed by atoms with Crippen molar-refractivity contribution in [2.24, 2.45) is 0 Å². The van der Waals surface area contributed by atoms with Crippen LogP contribution in [0, 0.1) is 5.95 Å². The van der Waals surface area contributed by atoms with Gasteiger partial charge in [-0.1, -0.05) is 24.3 Å². The lowest BCUT2D eigenvalue weighted by atomic mass is 9.93. The highest BCUT2D eigenvalue weighted by Gasteiger charge is 2.33. The van der Waals surface area contributed by atoms with Crippen molar-refractivity contribution >= 4 is 17.4 Å². The number of ether oxygens (including phenoxy) is 1. The number of pyridine rings is 1. The second-order valence-electron chi connectivity index (χ2n) is 10.8. The Morgan fingerprint density at radius 3 is 2.62 bits per heavy atom. The van der Waals surface area contributed by atoms with Crippen molar-refractivity contribution in [2.45, 2.75) is 51.0 Å². The molecule has 1 amide bonds. The van der Waals surface area contributed by atoms with E-state index in [-0.39, 0.29) is 17.5 Å². The Hall–Kier alpha value is -4.01. The lowest BCUT2D eigenvalue weighted by molar-refractivity contribution is 0.0671. The molecule has 0 N–H and O–H groups in total. The average Bonchev–Trinajstić information content (AvgIpc) is 3.47. The summed E-state index contributed by atoms with van der Waals surface area (Å²) in [6, 6.07) is 13.7. The van der Waals surface area contributed by atoms with Gasteiger partial charge in [0.05, 0.1) is 18.7 Å². The van der Waals surface area contributed by atoms with Gasteiger partial charge in [-0.15, -0.1) is 0 Å². The van der Waals surface area contributed by atoms with Gasteiger partial charge in [0.15, 0.2) is 5.65 Å². The van der Waals surface area contributed by atoms with Crippen LogP contribution in [0.2, 0.25) is 0 Å². The van der Waals surface area contributed by atoms with Crippen LogP contribution in [0.15, 0.2) is 42.5 Å². The molecule has 5 heterocycles. The summed E-state index contributed by atoms with van der Waals surface area (Å²) >= 11 is 0. The highest BCUT2D eigenvalue weighted by atomic mass is 19.1. The van der Waals surface area contributed by atoms with Crippen LogP contribution in [0.1, 0.15) is 71.9 Å². The first-order chi connectivity index (χ1) is 19.0. The summed E-state index contributed by atoms with van der Waals surface area (Å²) in [4.78, 5) is 26.8. The van der Waals surface area contributed by atoms with Crippen molar-refractivity contribution in [3.8, 4) is 17.0 Å². The van der Waals surface area contributed by atoms with Crippen molar-refractivity contribution in [3.63, 3.8) is 0 Å². The summed E-state index contributed by atoms with van der Waals surface area (Å²) < 4.78 is 22.9. The zero-order chi connectivity index (χ0) is 26.7. The zero-order valence-electron chi connectivity index (χ0n) is 22.2. The minimum Gasteiger partial charge on any atom is -0.496 e. The third kappa shape index (κ3) is 4.11. The molecular formula is C30H31FN6O2. The van der Waals surface area contributed by atoms with E-state index in [1.54, 1.807) is 16.6 Å². The first-order valence-electron chi connectivity index (χ1n) is 13.8. The number of carbonyl (C=O) groups excluding carboxylic acids is 1. The number of fused-ring (bicyclic) bond motifs is 2. The van der Waals surface area contributed by atoms with E-state index in [1.807, 2.05) is 23.1 Å². The van der Waals surface area contributed by atoms with Crippen LogP contribution >= 0.6 is 0 Å². The SMILES string of the molecule is COc1cc(N2CCCC2)nc(F)c1-c1cc2nc(C(=O)N3CCc4ccccc4[C@H]3C)cc(C3CC3)n2n1. The van der Waals surface area contributed by atoms with Crippen LogP contribution in [-0.2, 0) is 6.42 Å². The molecule has 1 aliphatic carbocycles. The fourth-order valence-corrected chi connectivity index (χ4v) is 6.08. The Morgan fingerprint density at radius 2 is 1.85 bits per heavy atom. The molecule has 9 heteroatoms. The maximum absolute atomic E-state index is 15.5. The van der Waals surface area contributed by atoms with Crippen LogP contribution in [0.25, 0.3) is 16.9 Å². The van der Waals surface area contributed by atoms with E-state index in [4.69, 9.17) is 14.8 Å². The van der Waals surface area contributed by atoms with E-state index in [0.29, 0.717) is 41.1 Å². The van der Waals surface area contributed by atoms with Crippen molar-refractivity contribution in [1.82, 2.24) is 24.5 Å². The molecule has 1 saturated heterocycles. The molecule has 4 aromatic rings. The van der Waals surface area contributed by atoms with Crippen molar-refractivity contribution in [1.29, 1.82) is 0 Å². The van der Waals surface area contributed by atoms with E-state index >= 15 is 4.39 Å². The summed E-state index contributed by atoms with van der Waals surface area (Å²) in [6.45, 7) is 4.43. The largest absolute Gasteiger partial charge is 0.496 e. The van der Waals surface area contributed by atoms with Crippen LogP contribution in [0.3, 0.4) is 0 Å². The molecule has 0 unspecified atom stereocenters. The molecule has 7 rings (SSSR count). The van der Waals surface area contributed by atoms with Gasteiger partial charge in [0.2, 0.25) is 5.95 Å². The molecule has 1 aromatic carbocycles. The minimum atomic E-state index is -0.621.